The van der Waals surface area contributed by atoms with E-state index in [2.05, 4.69) is 0 Å². The predicted octanol–water partition coefficient (Wildman–Crippen LogP) is -1.81. The van der Waals surface area contributed by atoms with E-state index >= 15 is 0 Å². The number of aliphatic hydroxyl groups is 4. The van der Waals surface area contributed by atoms with Crippen LogP contribution in [0, 0.1) is 0 Å². The van der Waals surface area contributed by atoms with Crippen LogP contribution in [0.4, 0.5) is 0 Å². The fraction of sp³-hybridized carbons (Fsp3) is 0.900. The van der Waals surface area contributed by atoms with Crippen molar-refractivity contribution in [1.29, 1.82) is 0 Å². The van der Waals surface area contributed by atoms with Gasteiger partial charge < -0.3 is 25.2 Å². The van der Waals surface area contributed by atoms with Crippen LogP contribution in [-0.2, 0) is 4.79 Å². The highest BCUT2D eigenvalue weighted by atomic mass is 35.5. The minimum Gasteiger partial charge on any atom is -0.394 e. The van der Waals surface area contributed by atoms with Crippen molar-refractivity contribution in [2.45, 2.75) is 31.3 Å². The van der Waals surface area contributed by atoms with E-state index in [0.717, 1.165) is 0 Å². The molecule has 0 aromatic rings. The minimum absolute atomic E-state index is 0.262. The number of aldehydes is 1. The summed E-state index contributed by atoms with van der Waals surface area (Å²) in [5.74, 6) is 0.262. The zero-order valence-electron chi connectivity index (χ0n) is 9.74. The molecule has 0 saturated carbocycles. The van der Waals surface area contributed by atoms with Crippen molar-refractivity contribution in [3.8, 4) is 0 Å². The van der Waals surface area contributed by atoms with Crippen molar-refractivity contribution < 1.29 is 25.2 Å². The Hall–Kier alpha value is -0.240. The van der Waals surface area contributed by atoms with Gasteiger partial charge in [0, 0.05) is 12.4 Å². The first-order chi connectivity index (χ1) is 8.03. The molecule has 0 fully saturated rings. The lowest BCUT2D eigenvalue weighted by Gasteiger charge is -2.36. The average Bonchev–Trinajstić information content (AvgIpc) is 2.36. The van der Waals surface area contributed by atoms with Crippen LogP contribution in [0.2, 0.25) is 0 Å². The van der Waals surface area contributed by atoms with Gasteiger partial charge in [-0.1, -0.05) is 6.92 Å². The summed E-state index contributed by atoms with van der Waals surface area (Å²) >= 11 is 5.58. The van der Waals surface area contributed by atoms with Crippen LogP contribution in [0.5, 0.6) is 0 Å². The van der Waals surface area contributed by atoms with Crippen molar-refractivity contribution in [2.24, 2.45) is 0 Å². The standard InChI is InChI=1S/C10H20ClNO5/c1-2-12(4-3-11)9(7(15)5-13)10(17)8(16)6-14/h5,7-10,14-17H,2-4,6H2,1H3/t7-,8+,9-,10+/m0/s1. The van der Waals surface area contributed by atoms with Crippen molar-refractivity contribution in [3.63, 3.8) is 0 Å². The molecule has 0 rings (SSSR count). The molecule has 0 aliphatic rings. The molecule has 0 aliphatic carbocycles. The second-order valence-electron chi connectivity index (χ2n) is 3.68. The number of aliphatic hydroxyl groups excluding tert-OH is 4. The smallest absolute Gasteiger partial charge is 0.150 e. The molecule has 0 heterocycles. The van der Waals surface area contributed by atoms with Crippen LogP contribution >= 0.6 is 11.6 Å². The molecule has 0 spiro atoms. The number of alkyl halides is 1. The SMILES string of the molecule is CCN(CCCl)[C@H]([C@H](O)[C@H](O)CO)[C@@H](O)C=O. The van der Waals surface area contributed by atoms with Gasteiger partial charge >= 0.3 is 0 Å². The van der Waals surface area contributed by atoms with E-state index in [9.17, 15) is 20.1 Å². The molecule has 0 amide bonds. The van der Waals surface area contributed by atoms with Gasteiger partial charge in [-0.3, -0.25) is 4.90 Å². The summed E-state index contributed by atoms with van der Waals surface area (Å²) < 4.78 is 0. The van der Waals surface area contributed by atoms with E-state index in [0.29, 0.717) is 13.1 Å². The number of likely N-dealkylation sites (N-methyl/N-ethyl adjacent to an activating group) is 1. The molecule has 0 bridgehead atoms. The van der Waals surface area contributed by atoms with Crippen LogP contribution in [0.3, 0.4) is 0 Å². The normalized spacial score (nSPS) is 18.8. The van der Waals surface area contributed by atoms with Gasteiger partial charge in [0.25, 0.3) is 0 Å². The first kappa shape index (κ1) is 16.8. The molecule has 4 atom stereocenters. The molecule has 0 aromatic heterocycles. The highest BCUT2D eigenvalue weighted by molar-refractivity contribution is 6.18. The Kier molecular flexibility index (Phi) is 8.67. The number of carbonyl (C=O) groups excluding carboxylic acids is 1. The summed E-state index contributed by atoms with van der Waals surface area (Å²) in [6.45, 7) is 1.91. The predicted molar refractivity (Wildman–Crippen MR) is 62.9 cm³/mol. The van der Waals surface area contributed by atoms with Crippen molar-refractivity contribution in [2.75, 3.05) is 25.6 Å². The molecule has 0 unspecified atom stereocenters. The molecule has 102 valence electrons. The molecular weight excluding hydrogens is 250 g/mol. The monoisotopic (exact) mass is 269 g/mol. The summed E-state index contributed by atoms with van der Waals surface area (Å²) in [7, 11) is 0. The van der Waals surface area contributed by atoms with Gasteiger partial charge in [-0.05, 0) is 6.54 Å². The Labute approximate surface area is 105 Å². The molecule has 0 aliphatic heterocycles. The van der Waals surface area contributed by atoms with E-state index < -0.39 is 31.0 Å². The lowest BCUT2D eigenvalue weighted by Crippen LogP contribution is -2.56. The van der Waals surface area contributed by atoms with Crippen LogP contribution in [-0.4, -0.2) is 81.5 Å². The lowest BCUT2D eigenvalue weighted by atomic mass is 9.99. The maximum absolute atomic E-state index is 10.6. The summed E-state index contributed by atoms with van der Waals surface area (Å²) in [6, 6.07) is -0.988. The fourth-order valence-corrected chi connectivity index (χ4v) is 1.89. The van der Waals surface area contributed by atoms with Crippen molar-refractivity contribution in [1.82, 2.24) is 4.90 Å². The van der Waals surface area contributed by atoms with Crippen LogP contribution in [0.25, 0.3) is 0 Å². The average molecular weight is 270 g/mol. The van der Waals surface area contributed by atoms with E-state index in [-0.39, 0.29) is 12.2 Å². The Morgan fingerprint density at radius 2 is 1.94 bits per heavy atom. The van der Waals surface area contributed by atoms with Crippen LogP contribution < -0.4 is 0 Å². The molecule has 0 saturated heterocycles. The summed E-state index contributed by atoms with van der Waals surface area (Å²) in [6.07, 6.45) is -4.01. The number of hydrogen-bond acceptors (Lipinski definition) is 6. The summed E-state index contributed by atoms with van der Waals surface area (Å²) in [5.41, 5.74) is 0. The Morgan fingerprint density at radius 3 is 2.29 bits per heavy atom. The molecule has 7 heteroatoms. The topological polar surface area (TPSA) is 101 Å². The third-order valence-corrected chi connectivity index (χ3v) is 2.79. The van der Waals surface area contributed by atoms with E-state index in [1.165, 1.54) is 0 Å². The number of halogens is 1. The summed E-state index contributed by atoms with van der Waals surface area (Å²) in [4.78, 5) is 12.2. The molecule has 0 radical (unpaired) electrons. The Balaban J connectivity index is 4.89. The molecule has 0 aromatic carbocycles. The van der Waals surface area contributed by atoms with Gasteiger partial charge in [-0.15, -0.1) is 11.6 Å². The highest BCUT2D eigenvalue weighted by Crippen LogP contribution is 2.12. The fourth-order valence-electron chi connectivity index (χ4n) is 1.68. The third kappa shape index (κ3) is 4.87. The highest BCUT2D eigenvalue weighted by Gasteiger charge is 2.35. The van der Waals surface area contributed by atoms with Gasteiger partial charge in [-0.25, -0.2) is 0 Å². The van der Waals surface area contributed by atoms with Crippen LogP contribution in [0.1, 0.15) is 6.92 Å². The first-order valence-corrected chi connectivity index (χ1v) is 5.97. The van der Waals surface area contributed by atoms with E-state index in [1.54, 1.807) is 11.8 Å². The molecule has 6 nitrogen and oxygen atoms in total. The van der Waals surface area contributed by atoms with Crippen molar-refractivity contribution >= 4 is 17.9 Å². The first-order valence-electron chi connectivity index (χ1n) is 5.43. The number of nitrogens with zero attached hydrogens (tertiary/aromatic N) is 1. The lowest BCUT2D eigenvalue weighted by molar-refractivity contribution is -0.127. The minimum atomic E-state index is -1.45. The summed E-state index contributed by atoms with van der Waals surface area (Å²) in [5, 5.41) is 37.5. The van der Waals surface area contributed by atoms with Crippen LogP contribution in [0.15, 0.2) is 0 Å². The van der Waals surface area contributed by atoms with E-state index in [1.807, 2.05) is 0 Å². The zero-order valence-corrected chi connectivity index (χ0v) is 10.5. The van der Waals surface area contributed by atoms with Gasteiger partial charge in [0.1, 0.15) is 24.6 Å². The number of carbonyl (C=O) groups is 1. The Morgan fingerprint density at radius 1 is 1.35 bits per heavy atom. The van der Waals surface area contributed by atoms with Gasteiger partial charge in [0.2, 0.25) is 0 Å². The second-order valence-corrected chi connectivity index (χ2v) is 4.05. The van der Waals surface area contributed by atoms with Gasteiger partial charge in [0.15, 0.2) is 0 Å². The maximum atomic E-state index is 10.6. The maximum Gasteiger partial charge on any atom is 0.150 e. The molecular formula is C10H20ClNO5. The second kappa shape index (κ2) is 8.79. The third-order valence-electron chi connectivity index (χ3n) is 2.62. The Bertz CT molecular complexity index is 217. The van der Waals surface area contributed by atoms with E-state index in [4.69, 9.17) is 16.7 Å². The van der Waals surface area contributed by atoms with Crippen molar-refractivity contribution in [3.05, 3.63) is 0 Å². The number of hydrogen-bond donors (Lipinski definition) is 4. The van der Waals surface area contributed by atoms with Gasteiger partial charge in [-0.2, -0.15) is 0 Å². The zero-order chi connectivity index (χ0) is 13.4. The quantitative estimate of drug-likeness (QED) is 0.291. The largest absolute Gasteiger partial charge is 0.394 e. The molecule has 4 N–H and O–H groups in total. The number of rotatable bonds is 9. The molecule has 17 heavy (non-hydrogen) atoms. The van der Waals surface area contributed by atoms with Gasteiger partial charge in [0.05, 0.1) is 12.6 Å².